The Labute approximate surface area is 254 Å². The molecule has 262 valence electrons. The molecule has 0 bridgehead atoms. The van der Waals surface area contributed by atoms with E-state index >= 15 is 0 Å². The lowest BCUT2D eigenvalue weighted by atomic mass is 9.85. The molecule has 18 nitrogen and oxygen atoms in total. The van der Waals surface area contributed by atoms with Gasteiger partial charge in [0.15, 0.2) is 6.10 Å². The average Bonchev–Trinajstić information content (AvgIpc) is 3.02. The van der Waals surface area contributed by atoms with Crippen molar-refractivity contribution in [3.8, 4) is 0 Å². The van der Waals surface area contributed by atoms with Gasteiger partial charge in [-0.1, -0.05) is 13.2 Å². The van der Waals surface area contributed by atoms with Gasteiger partial charge in [0, 0.05) is 11.1 Å². The van der Waals surface area contributed by atoms with Crippen LogP contribution in [0.25, 0.3) is 0 Å². The van der Waals surface area contributed by atoms with Crippen molar-refractivity contribution in [3.05, 3.63) is 24.3 Å². The van der Waals surface area contributed by atoms with Gasteiger partial charge >= 0.3 is 11.9 Å². The van der Waals surface area contributed by atoms with Crippen molar-refractivity contribution in [1.29, 1.82) is 0 Å². The molecule has 0 aromatic carbocycles. The largest absolute Gasteiger partial charge is 0.478 e. The fourth-order valence-corrected chi connectivity index (χ4v) is 2.50. The highest BCUT2D eigenvalue weighted by molar-refractivity contribution is 5.87. The van der Waals surface area contributed by atoms with Gasteiger partial charge in [-0.2, -0.15) is 0 Å². The fourth-order valence-electron chi connectivity index (χ4n) is 2.50. The molecule has 1 saturated carbocycles. The molecule has 0 aromatic heterocycles. The van der Waals surface area contributed by atoms with Crippen molar-refractivity contribution in [2.75, 3.05) is 66.1 Å². The molecule has 0 radical (unpaired) electrons. The number of hydrogen-bond acceptors (Lipinski definition) is 17. The molecule has 44 heavy (non-hydrogen) atoms. The van der Waals surface area contributed by atoms with Crippen LogP contribution in [0.15, 0.2) is 24.3 Å². The van der Waals surface area contributed by atoms with Crippen LogP contribution < -0.4 is 0 Å². The van der Waals surface area contributed by atoms with Crippen LogP contribution in [0.4, 0.5) is 0 Å². The monoisotopic (exact) mass is 650 g/mol. The zero-order valence-electron chi connectivity index (χ0n) is 24.8. The molecule has 14 N–H and O–H groups in total. The molecule has 0 spiro atoms. The number of aliphatic carboxylic acids is 1. The summed E-state index contributed by atoms with van der Waals surface area (Å²) in [4.78, 5) is 20.8. The smallest absolute Gasteiger partial charge is 0.333 e. The summed E-state index contributed by atoms with van der Waals surface area (Å²) in [6, 6.07) is 0. The number of carboxylic acids is 1. The Balaban J connectivity index is -0.000000547. The van der Waals surface area contributed by atoms with Gasteiger partial charge in [-0.25, -0.2) is 9.59 Å². The van der Waals surface area contributed by atoms with Gasteiger partial charge in [0.25, 0.3) is 0 Å². The summed E-state index contributed by atoms with van der Waals surface area (Å²) in [7, 11) is 0. The summed E-state index contributed by atoms with van der Waals surface area (Å²) in [6.45, 7) is 6.70. The van der Waals surface area contributed by atoms with Gasteiger partial charge in [-0.15, -0.1) is 0 Å². The number of ether oxygens (including phenoxy) is 2. The van der Waals surface area contributed by atoms with E-state index in [0.29, 0.717) is 0 Å². The maximum absolute atomic E-state index is 11.2. The molecule has 1 fully saturated rings. The highest BCUT2D eigenvalue weighted by Crippen LogP contribution is 2.24. The van der Waals surface area contributed by atoms with E-state index in [1.807, 2.05) is 0 Å². The van der Waals surface area contributed by atoms with Crippen LogP contribution >= 0.6 is 0 Å². The molecular formula is C26H50O18. The lowest BCUT2D eigenvalue weighted by Crippen LogP contribution is -2.64. The maximum atomic E-state index is 11.2. The Morgan fingerprint density at radius 2 is 0.932 bits per heavy atom. The van der Waals surface area contributed by atoms with E-state index in [1.54, 1.807) is 0 Å². The zero-order chi connectivity index (χ0) is 35.3. The molecule has 4 atom stereocenters. The molecule has 1 rings (SSSR count). The van der Waals surface area contributed by atoms with Crippen molar-refractivity contribution < 1.29 is 90.6 Å². The average molecular weight is 651 g/mol. The molecule has 4 unspecified atom stereocenters. The third-order valence-electron chi connectivity index (χ3n) is 6.02. The number of esters is 1. The highest BCUT2D eigenvalue weighted by atomic mass is 16.6. The van der Waals surface area contributed by atoms with Crippen LogP contribution in [0.2, 0.25) is 0 Å². The van der Waals surface area contributed by atoms with Crippen molar-refractivity contribution in [2.24, 2.45) is 10.8 Å². The van der Waals surface area contributed by atoms with E-state index in [4.69, 9.17) is 55.4 Å². The summed E-state index contributed by atoms with van der Waals surface area (Å²) in [5.41, 5.74) is -1.88. The fraction of sp³-hybridized carbons (Fsp3) is 0.769. The third kappa shape index (κ3) is 16.3. The van der Waals surface area contributed by atoms with E-state index in [2.05, 4.69) is 13.2 Å². The summed E-state index contributed by atoms with van der Waals surface area (Å²) in [5.74, 6) is -1.81. The van der Waals surface area contributed by atoms with Crippen LogP contribution in [0.3, 0.4) is 0 Å². The molecule has 0 aliphatic heterocycles. The highest BCUT2D eigenvalue weighted by Gasteiger charge is 2.50. The minimum absolute atomic E-state index is 0.0388. The Hall–Kier alpha value is -2.14. The third-order valence-corrected chi connectivity index (χ3v) is 6.02. The molecule has 0 saturated heterocycles. The number of carbonyl (C=O) groups is 2. The first-order valence-corrected chi connectivity index (χ1v) is 13.0. The lowest BCUT2D eigenvalue weighted by Gasteiger charge is -2.41. The summed E-state index contributed by atoms with van der Waals surface area (Å²) < 4.78 is 9.59. The minimum atomic E-state index is -1.71. The lowest BCUT2D eigenvalue weighted by molar-refractivity contribution is -0.232. The van der Waals surface area contributed by atoms with Crippen LogP contribution in [-0.2, 0) is 19.1 Å². The van der Waals surface area contributed by atoms with E-state index in [9.17, 15) is 35.1 Å². The molecular weight excluding hydrogens is 600 g/mol. The number of carbonyl (C=O) groups excluding carboxylic acids is 1. The molecule has 0 amide bonds. The van der Waals surface area contributed by atoms with Crippen molar-refractivity contribution in [3.63, 3.8) is 0 Å². The first-order valence-electron chi connectivity index (χ1n) is 13.0. The number of rotatable bonds is 14. The predicted octanol–water partition coefficient (Wildman–Crippen LogP) is -6.16. The van der Waals surface area contributed by atoms with E-state index in [-0.39, 0.29) is 50.8 Å². The first-order chi connectivity index (χ1) is 20.4. The van der Waals surface area contributed by atoms with Crippen molar-refractivity contribution in [2.45, 2.75) is 50.5 Å². The molecule has 18 heteroatoms. The summed E-state index contributed by atoms with van der Waals surface area (Å²) >= 11 is 0. The van der Waals surface area contributed by atoms with Gasteiger partial charge in [0.05, 0.1) is 76.9 Å². The second-order valence-electron chi connectivity index (χ2n) is 10.1. The molecule has 1 aliphatic rings. The van der Waals surface area contributed by atoms with Gasteiger partial charge in [0.1, 0.15) is 30.5 Å². The normalized spacial score (nSPS) is 23.0. The Morgan fingerprint density at radius 1 is 0.614 bits per heavy atom. The maximum Gasteiger partial charge on any atom is 0.333 e. The van der Waals surface area contributed by atoms with E-state index in [1.165, 1.54) is 13.8 Å². The van der Waals surface area contributed by atoms with Crippen molar-refractivity contribution in [1.82, 2.24) is 0 Å². The second kappa shape index (κ2) is 24.1. The van der Waals surface area contributed by atoms with Crippen LogP contribution in [0.5, 0.6) is 0 Å². The van der Waals surface area contributed by atoms with Crippen LogP contribution in [-0.4, -0.2) is 186 Å². The van der Waals surface area contributed by atoms with Gasteiger partial charge in [-0.3, -0.25) is 0 Å². The number of carboxylic acid groups (broad SMARTS) is 1. The second-order valence-corrected chi connectivity index (χ2v) is 10.1. The quantitative estimate of drug-likeness (QED) is 0.0472. The van der Waals surface area contributed by atoms with Gasteiger partial charge in [0.2, 0.25) is 0 Å². The number of hydrogen-bond donors (Lipinski definition) is 14. The van der Waals surface area contributed by atoms with Crippen LogP contribution in [0, 0.1) is 10.8 Å². The topological polar surface area (TPSA) is 336 Å². The molecule has 1 aliphatic carbocycles. The van der Waals surface area contributed by atoms with Gasteiger partial charge < -0.3 is 81.0 Å². The molecule has 0 heterocycles. The van der Waals surface area contributed by atoms with E-state index < -0.39 is 85.8 Å². The summed E-state index contributed by atoms with van der Waals surface area (Å²) in [5, 5.41) is 124. The Bertz CT molecular complexity index is 759. The van der Waals surface area contributed by atoms with Gasteiger partial charge in [-0.05, 0) is 13.8 Å². The SMILES string of the molecule is C=C(C)C(=O)O.C=C(C)C(=O)OC1C(O)C(O)C(O)C(O)C1O.OCC(CO)(CO)CO.OCCOCC(CO)(CO)CO. The Morgan fingerprint density at radius 3 is 1.16 bits per heavy atom. The van der Waals surface area contributed by atoms with E-state index in [0.717, 1.165) is 0 Å². The molecule has 0 aromatic rings. The predicted molar refractivity (Wildman–Crippen MR) is 150 cm³/mol. The van der Waals surface area contributed by atoms with Crippen LogP contribution in [0.1, 0.15) is 13.8 Å². The zero-order valence-corrected chi connectivity index (χ0v) is 24.8. The minimum Gasteiger partial charge on any atom is -0.478 e. The summed E-state index contributed by atoms with van der Waals surface area (Å²) in [6.07, 6.45) is -10.0. The first kappa shape index (κ1) is 46.3. The number of aliphatic hydroxyl groups is 13. The van der Waals surface area contributed by atoms with Crippen molar-refractivity contribution >= 4 is 11.9 Å². The standard InChI is InChI=1S/C10H16O7.C7H16O5.C5H12O4.C4H6O2/c1-3(2)10(16)17-9-7(14)5(12)4(11)6(13)8(9)15;8-1-2-12-6-7(3-9,4-10)5-11;6-1-5(2-7,3-8)4-9;1-3(2)4(5)6/h4-9,11-15H,1H2,2H3;8-11H,1-6H2;6-9H,1-4H2;1H2,2H3,(H,5,6). The Kier molecular flexibility index (Phi) is 25.4. The number of aliphatic hydroxyl groups excluding tert-OH is 13.